The van der Waals surface area contributed by atoms with Crippen LogP contribution in [0.2, 0.25) is 0 Å². The molecule has 2 N–H and O–H groups in total. The molecule has 1 saturated carbocycles. The highest BCUT2D eigenvalue weighted by Gasteiger charge is 2.47. The molecule has 0 saturated heterocycles. The molecule has 8 nitrogen and oxygen atoms in total. The first-order chi connectivity index (χ1) is 19.1. The van der Waals surface area contributed by atoms with Gasteiger partial charge in [0.25, 0.3) is 0 Å². The summed E-state index contributed by atoms with van der Waals surface area (Å²) < 4.78 is 23.3. The predicted molar refractivity (Wildman–Crippen MR) is 161 cm³/mol. The van der Waals surface area contributed by atoms with Gasteiger partial charge in [0.1, 0.15) is 12.8 Å². The molecule has 0 aromatic carbocycles. The van der Waals surface area contributed by atoms with Crippen LogP contribution in [0.3, 0.4) is 0 Å². The van der Waals surface area contributed by atoms with Crippen molar-refractivity contribution in [1.29, 1.82) is 0 Å². The second-order valence-corrected chi connectivity index (χ2v) is 12.9. The largest absolute Gasteiger partial charge is 0.447 e. The average molecular weight is 571 g/mol. The molecule has 0 spiro atoms. The van der Waals surface area contributed by atoms with Gasteiger partial charge in [0.15, 0.2) is 0 Å². The number of ether oxygens (including phenoxy) is 4. The minimum Gasteiger partial charge on any atom is -0.447 e. The fourth-order valence-corrected chi connectivity index (χ4v) is 6.28. The van der Waals surface area contributed by atoms with Crippen molar-refractivity contribution in [3.05, 3.63) is 0 Å². The number of hydrogen-bond donors (Lipinski definition) is 2. The molecule has 40 heavy (non-hydrogen) atoms. The molecule has 0 aliphatic heterocycles. The van der Waals surface area contributed by atoms with Crippen molar-refractivity contribution >= 4 is 12.5 Å². The lowest BCUT2D eigenvalue weighted by atomic mass is 9.62. The Morgan fingerprint density at radius 3 is 1.98 bits per heavy atom. The van der Waals surface area contributed by atoms with Gasteiger partial charge in [-0.25, -0.2) is 4.79 Å². The van der Waals surface area contributed by atoms with E-state index in [1.54, 1.807) is 0 Å². The van der Waals surface area contributed by atoms with Crippen molar-refractivity contribution in [1.82, 2.24) is 10.6 Å². The number of amides is 2. The van der Waals surface area contributed by atoms with Crippen LogP contribution in [-0.4, -0.2) is 64.4 Å². The Morgan fingerprint density at radius 1 is 0.875 bits per heavy atom. The third-order valence-corrected chi connectivity index (χ3v) is 8.34. The zero-order chi connectivity index (χ0) is 29.9. The predicted octanol–water partition coefficient (Wildman–Crippen LogP) is 6.85. The quantitative estimate of drug-likeness (QED) is 0.0792. The van der Waals surface area contributed by atoms with E-state index in [1.165, 1.54) is 38.5 Å². The Balaban J connectivity index is 2.55. The summed E-state index contributed by atoms with van der Waals surface area (Å²) >= 11 is 0. The lowest BCUT2D eigenvalue weighted by Gasteiger charge is -2.49. The van der Waals surface area contributed by atoms with Gasteiger partial charge in [-0.3, -0.25) is 4.79 Å². The molecule has 1 fully saturated rings. The Morgan fingerprint density at radius 2 is 1.45 bits per heavy atom. The van der Waals surface area contributed by atoms with Crippen LogP contribution in [0.4, 0.5) is 4.79 Å². The van der Waals surface area contributed by atoms with Gasteiger partial charge in [-0.2, -0.15) is 0 Å². The number of rotatable bonds is 23. The van der Waals surface area contributed by atoms with E-state index in [0.29, 0.717) is 51.1 Å². The number of carbonyl (C=O) groups excluding carboxylic acids is 2. The third-order valence-electron chi connectivity index (χ3n) is 8.34. The first-order valence-electron chi connectivity index (χ1n) is 16.0. The van der Waals surface area contributed by atoms with E-state index in [0.717, 1.165) is 32.3 Å². The third kappa shape index (κ3) is 15.0. The number of unbranched alkanes of at least 4 members (excludes halogenated alkanes) is 2. The highest BCUT2D eigenvalue weighted by atomic mass is 16.6. The number of carbonyl (C=O) groups is 2. The minimum absolute atomic E-state index is 0.0436. The second-order valence-electron chi connectivity index (χ2n) is 12.9. The summed E-state index contributed by atoms with van der Waals surface area (Å²) in [5, 5.41) is 5.96. The maximum Gasteiger partial charge on any atom is 0.407 e. The van der Waals surface area contributed by atoms with Crippen molar-refractivity contribution in [2.75, 3.05) is 39.6 Å². The molecule has 0 heterocycles. The molecule has 236 valence electrons. The van der Waals surface area contributed by atoms with E-state index in [2.05, 4.69) is 59.1 Å². The number of alkyl carbamates (subject to hydrolysis) is 1. The summed E-state index contributed by atoms with van der Waals surface area (Å²) in [4.78, 5) is 24.1. The van der Waals surface area contributed by atoms with E-state index in [1.807, 2.05) is 0 Å². The highest BCUT2D eigenvalue weighted by molar-refractivity contribution is 5.67. The summed E-state index contributed by atoms with van der Waals surface area (Å²) in [5.74, 6) is 1.15. The summed E-state index contributed by atoms with van der Waals surface area (Å²) in [6, 6.07) is -0.0830. The molecule has 8 heteroatoms. The maximum absolute atomic E-state index is 12.6. The monoisotopic (exact) mass is 570 g/mol. The number of hydrogen-bond acceptors (Lipinski definition) is 6. The van der Waals surface area contributed by atoms with Crippen LogP contribution in [0.1, 0.15) is 119 Å². The zero-order valence-electron chi connectivity index (χ0n) is 26.9. The van der Waals surface area contributed by atoms with Crippen LogP contribution in [0.5, 0.6) is 0 Å². The fourth-order valence-electron chi connectivity index (χ4n) is 6.28. The van der Waals surface area contributed by atoms with Crippen LogP contribution in [-0.2, 0) is 23.7 Å². The maximum atomic E-state index is 12.6. The van der Waals surface area contributed by atoms with Gasteiger partial charge < -0.3 is 29.6 Å². The Kier molecular flexibility index (Phi) is 18.8. The SMILES string of the molecule is CCCCC(CC)COCCOC(=O)NC1CC(C)(C)CC(C)(C(NC=O)OCCOCC(CC)CCCC)C1. The smallest absolute Gasteiger partial charge is 0.407 e. The molecule has 0 bridgehead atoms. The summed E-state index contributed by atoms with van der Waals surface area (Å²) in [6.45, 7) is 18.3. The van der Waals surface area contributed by atoms with Gasteiger partial charge in [-0.15, -0.1) is 0 Å². The molecular weight excluding hydrogens is 508 g/mol. The topological polar surface area (TPSA) is 95.1 Å². The molecule has 0 aromatic heterocycles. The molecular formula is C32H62N2O6. The first kappa shape index (κ1) is 36.6. The normalized spacial score (nSPS) is 22.7. The second kappa shape index (κ2) is 20.5. The first-order valence-corrected chi connectivity index (χ1v) is 16.0. The minimum atomic E-state index is -0.469. The highest BCUT2D eigenvalue weighted by Crippen LogP contribution is 2.48. The Labute approximate surface area is 245 Å². The van der Waals surface area contributed by atoms with Gasteiger partial charge in [0.05, 0.1) is 19.8 Å². The zero-order valence-corrected chi connectivity index (χ0v) is 26.9. The molecule has 2 amide bonds. The van der Waals surface area contributed by atoms with E-state index in [4.69, 9.17) is 18.9 Å². The Bertz CT molecular complexity index is 676. The van der Waals surface area contributed by atoms with Crippen LogP contribution in [0.15, 0.2) is 0 Å². The summed E-state index contributed by atoms with van der Waals surface area (Å²) in [5.41, 5.74) is -0.400. The van der Waals surface area contributed by atoms with Crippen LogP contribution < -0.4 is 10.6 Å². The average Bonchev–Trinajstić information content (AvgIpc) is 2.89. The van der Waals surface area contributed by atoms with Crippen molar-refractivity contribution in [3.8, 4) is 0 Å². The summed E-state index contributed by atoms with van der Waals surface area (Å²) in [7, 11) is 0. The van der Waals surface area contributed by atoms with Gasteiger partial charge in [-0.1, -0.05) is 87.0 Å². The van der Waals surface area contributed by atoms with Crippen LogP contribution in [0.25, 0.3) is 0 Å². The van der Waals surface area contributed by atoms with Crippen molar-refractivity contribution in [2.45, 2.75) is 131 Å². The lowest BCUT2D eigenvalue weighted by molar-refractivity contribution is -0.129. The van der Waals surface area contributed by atoms with Gasteiger partial charge in [0.2, 0.25) is 6.41 Å². The van der Waals surface area contributed by atoms with Crippen LogP contribution >= 0.6 is 0 Å². The van der Waals surface area contributed by atoms with E-state index < -0.39 is 12.3 Å². The lowest BCUT2D eigenvalue weighted by Crippen LogP contribution is -2.55. The van der Waals surface area contributed by atoms with Gasteiger partial charge in [0, 0.05) is 24.7 Å². The van der Waals surface area contributed by atoms with Crippen molar-refractivity contribution in [3.63, 3.8) is 0 Å². The molecule has 1 aliphatic carbocycles. The molecule has 1 rings (SSSR count). The molecule has 0 radical (unpaired) electrons. The van der Waals surface area contributed by atoms with Crippen molar-refractivity contribution < 1.29 is 28.5 Å². The van der Waals surface area contributed by atoms with Crippen molar-refractivity contribution in [2.24, 2.45) is 22.7 Å². The molecule has 5 atom stereocenters. The van der Waals surface area contributed by atoms with E-state index in [9.17, 15) is 9.59 Å². The van der Waals surface area contributed by atoms with Gasteiger partial charge >= 0.3 is 6.09 Å². The fraction of sp³-hybridized carbons (Fsp3) is 0.938. The molecule has 5 unspecified atom stereocenters. The Hall–Kier alpha value is -1.38. The van der Waals surface area contributed by atoms with Gasteiger partial charge in [-0.05, 0) is 49.4 Å². The van der Waals surface area contributed by atoms with E-state index in [-0.39, 0.29) is 23.5 Å². The number of nitrogens with one attached hydrogen (secondary N) is 2. The van der Waals surface area contributed by atoms with Crippen LogP contribution in [0, 0.1) is 22.7 Å². The molecule has 0 aromatic rings. The van der Waals surface area contributed by atoms with E-state index >= 15 is 0 Å². The standard InChI is InChI=1S/C32H62N2O6/c1-8-12-14-26(10-3)22-37-16-18-39-29(33-25-35)32(7)21-28(20-31(5,6)24-32)34-30(36)40-19-17-38-23-27(11-4)15-13-9-2/h25-29H,8-24H2,1-7H3,(H,33,35)(H,34,36). The summed E-state index contributed by atoms with van der Waals surface area (Å²) in [6.07, 6.45) is 11.6. The molecule has 1 aliphatic rings.